The van der Waals surface area contributed by atoms with Crippen LogP contribution in [-0.4, -0.2) is 82.3 Å². The van der Waals surface area contributed by atoms with Crippen LogP contribution in [0.5, 0.6) is 0 Å². The minimum Gasteiger partial charge on any atom is -0.456 e. The Bertz CT molecular complexity index is 1730. The van der Waals surface area contributed by atoms with E-state index in [0.717, 1.165) is 11.3 Å². The smallest absolute Gasteiger partial charge is 0.435 e. The summed E-state index contributed by atoms with van der Waals surface area (Å²) in [4.78, 5) is 68.7. The molecule has 0 saturated carbocycles. The van der Waals surface area contributed by atoms with E-state index in [1.165, 1.54) is 65.2 Å². The van der Waals surface area contributed by atoms with Crippen molar-refractivity contribution in [1.82, 2.24) is 9.80 Å². The number of nitro groups is 2. The van der Waals surface area contributed by atoms with Crippen LogP contribution in [0.15, 0.2) is 64.1 Å². The lowest BCUT2D eigenvalue weighted by molar-refractivity contribution is -0.385. The number of carbonyl (C=O) groups excluding carboxylic acids is 3. The number of thioether (sulfide) groups is 1. The standard InChI is InChI=1S/C33H39N5O10SSi/c1-20(48-50(3,4)5)29-27-16-28(30(36(27)31(29)39)32(40)46-18-22-6-10-24(11-7-22)37(42)43)49-26-14-15-35(17-26)21(2)34-33(41)47-19-23-8-12-25(13-9-23)38(44)45/h6-13,20,26-27,29H,14-19H2,1-5H3/b34-21+/t20-,26+,27-,29-/m1/s1. The number of nitro benzene ring substituents is 2. The molecule has 0 N–H and O–H groups in total. The molecular weight excluding hydrogens is 687 g/mol. The van der Waals surface area contributed by atoms with Gasteiger partial charge in [-0.25, -0.2) is 9.59 Å². The first-order valence-electron chi connectivity index (χ1n) is 16.1. The number of nitrogens with zero attached hydrogens (tertiary/aromatic N) is 5. The Kier molecular flexibility index (Phi) is 11.1. The zero-order valence-corrected chi connectivity index (χ0v) is 30.2. The molecule has 2 fully saturated rings. The first-order valence-corrected chi connectivity index (χ1v) is 20.4. The molecule has 15 nitrogen and oxygen atoms in total. The number of benzene rings is 2. The summed E-state index contributed by atoms with van der Waals surface area (Å²) < 4.78 is 17.2. The van der Waals surface area contributed by atoms with Crippen molar-refractivity contribution >= 4 is 55.3 Å². The maximum absolute atomic E-state index is 13.6. The van der Waals surface area contributed by atoms with E-state index in [0.29, 0.717) is 36.5 Å². The molecule has 0 aliphatic carbocycles. The number of non-ortho nitro benzene ring substituents is 2. The molecule has 0 radical (unpaired) electrons. The number of fused-ring (bicyclic) bond motifs is 1. The summed E-state index contributed by atoms with van der Waals surface area (Å²) in [5.41, 5.74) is 1.26. The lowest BCUT2D eigenvalue weighted by atomic mass is 9.83. The van der Waals surface area contributed by atoms with E-state index in [2.05, 4.69) is 24.6 Å². The second-order valence-electron chi connectivity index (χ2n) is 13.3. The number of likely N-dealkylation sites (tertiary alicyclic amines) is 1. The molecule has 2 aromatic rings. The van der Waals surface area contributed by atoms with Crippen LogP contribution in [0.2, 0.25) is 19.6 Å². The van der Waals surface area contributed by atoms with Gasteiger partial charge in [0.1, 0.15) is 24.7 Å². The highest BCUT2D eigenvalue weighted by Crippen LogP contribution is 2.49. The van der Waals surface area contributed by atoms with Crippen LogP contribution < -0.4 is 0 Å². The van der Waals surface area contributed by atoms with Crippen molar-refractivity contribution in [1.29, 1.82) is 0 Å². The summed E-state index contributed by atoms with van der Waals surface area (Å²) in [6.07, 6.45) is 0.137. The molecule has 5 rings (SSSR count). The molecule has 0 aromatic heterocycles. The second kappa shape index (κ2) is 15.1. The van der Waals surface area contributed by atoms with Gasteiger partial charge in [-0.1, -0.05) is 0 Å². The predicted octanol–water partition coefficient (Wildman–Crippen LogP) is 5.79. The normalized spacial score (nSPS) is 21.1. The molecule has 2 aromatic carbocycles. The number of ether oxygens (including phenoxy) is 2. The van der Waals surface area contributed by atoms with Gasteiger partial charge >= 0.3 is 12.1 Å². The first-order chi connectivity index (χ1) is 23.6. The molecule has 0 spiro atoms. The van der Waals surface area contributed by atoms with Crippen molar-refractivity contribution in [2.24, 2.45) is 10.9 Å². The van der Waals surface area contributed by atoms with Gasteiger partial charge in [0.2, 0.25) is 5.91 Å². The first kappa shape index (κ1) is 36.7. The van der Waals surface area contributed by atoms with Gasteiger partial charge < -0.3 is 23.7 Å². The number of rotatable bonds is 12. The van der Waals surface area contributed by atoms with E-state index in [9.17, 15) is 34.6 Å². The van der Waals surface area contributed by atoms with Gasteiger partial charge in [0.25, 0.3) is 11.4 Å². The van der Waals surface area contributed by atoms with Crippen LogP contribution in [0.4, 0.5) is 16.2 Å². The molecule has 3 aliphatic rings. The number of amidine groups is 1. The van der Waals surface area contributed by atoms with Crippen LogP contribution >= 0.6 is 11.8 Å². The van der Waals surface area contributed by atoms with Crippen molar-refractivity contribution in [2.45, 2.75) is 76.9 Å². The summed E-state index contributed by atoms with van der Waals surface area (Å²) in [5, 5.41) is 21.9. The highest BCUT2D eigenvalue weighted by atomic mass is 32.2. The summed E-state index contributed by atoms with van der Waals surface area (Å²) in [6, 6.07) is 11.2. The van der Waals surface area contributed by atoms with Crippen LogP contribution in [-0.2, 0) is 36.7 Å². The number of aliphatic imine (C=N–C) groups is 1. The van der Waals surface area contributed by atoms with Crippen molar-refractivity contribution in [2.75, 3.05) is 13.1 Å². The van der Waals surface area contributed by atoms with Crippen molar-refractivity contribution in [3.05, 3.63) is 90.5 Å². The topological polar surface area (TPSA) is 184 Å². The number of hydrogen-bond acceptors (Lipinski definition) is 11. The molecule has 3 aliphatic heterocycles. The molecular formula is C33H39N5O10SSi. The Labute approximate surface area is 294 Å². The average Bonchev–Trinajstić information content (AvgIpc) is 3.65. The van der Waals surface area contributed by atoms with E-state index in [-0.39, 0.29) is 59.5 Å². The van der Waals surface area contributed by atoms with Crippen LogP contribution in [0.3, 0.4) is 0 Å². The number of hydrogen-bond donors (Lipinski definition) is 0. The van der Waals surface area contributed by atoms with Crippen molar-refractivity contribution < 1.29 is 38.1 Å². The zero-order chi connectivity index (χ0) is 36.3. The Morgan fingerprint density at radius 2 is 1.54 bits per heavy atom. The van der Waals surface area contributed by atoms with Gasteiger partial charge in [-0.05, 0) is 75.3 Å². The molecule has 2 saturated heterocycles. The number of carbonyl (C=O) groups is 3. The Morgan fingerprint density at radius 1 is 0.980 bits per heavy atom. The number of esters is 1. The minimum absolute atomic E-state index is 0.0339. The largest absolute Gasteiger partial charge is 0.456 e. The highest BCUT2D eigenvalue weighted by Gasteiger charge is 2.58. The molecule has 50 heavy (non-hydrogen) atoms. The van der Waals surface area contributed by atoms with E-state index in [1.54, 1.807) is 6.92 Å². The fraction of sp³-hybridized carbons (Fsp3) is 0.455. The van der Waals surface area contributed by atoms with E-state index in [1.807, 2.05) is 11.8 Å². The fourth-order valence-electron chi connectivity index (χ4n) is 6.29. The quantitative estimate of drug-likeness (QED) is 0.0489. The maximum Gasteiger partial charge on any atom is 0.435 e. The van der Waals surface area contributed by atoms with Crippen LogP contribution in [0.1, 0.15) is 37.8 Å². The van der Waals surface area contributed by atoms with Gasteiger partial charge in [0, 0.05) is 53.9 Å². The van der Waals surface area contributed by atoms with Crippen molar-refractivity contribution in [3.63, 3.8) is 0 Å². The minimum atomic E-state index is -1.94. The number of β-lactam (4-membered cyclic amide) rings is 1. The van der Waals surface area contributed by atoms with Gasteiger partial charge in [0.05, 0.1) is 27.9 Å². The third kappa shape index (κ3) is 8.57. The Balaban J connectivity index is 1.24. The molecule has 0 unspecified atom stereocenters. The third-order valence-electron chi connectivity index (χ3n) is 8.60. The van der Waals surface area contributed by atoms with Gasteiger partial charge in [-0.2, -0.15) is 4.99 Å². The molecule has 0 bridgehead atoms. The average molecular weight is 726 g/mol. The Hall–Kier alpha value is -4.61. The SMILES string of the molecule is C/C(=N\C(=O)OCc1ccc([N+](=O)[O-])cc1)N1CC[C@H](SC2=C(C(=O)OCc3ccc([N+](=O)[O-])cc3)N3C(=O)[C@H]([C@@H](C)O[Si](C)(C)C)[C@H]3C2)C1. The molecule has 3 heterocycles. The Morgan fingerprint density at radius 3 is 2.08 bits per heavy atom. The fourth-order valence-corrected chi connectivity index (χ4v) is 8.99. The van der Waals surface area contributed by atoms with E-state index < -0.39 is 30.2 Å². The van der Waals surface area contributed by atoms with Crippen LogP contribution in [0, 0.1) is 26.1 Å². The van der Waals surface area contributed by atoms with Gasteiger partial charge in [-0.3, -0.25) is 25.0 Å². The lowest BCUT2D eigenvalue weighted by Gasteiger charge is -2.47. The molecule has 17 heteroatoms. The monoisotopic (exact) mass is 725 g/mol. The molecule has 4 atom stereocenters. The lowest BCUT2D eigenvalue weighted by Crippen LogP contribution is -2.63. The van der Waals surface area contributed by atoms with Crippen molar-refractivity contribution in [3.8, 4) is 0 Å². The third-order valence-corrected chi connectivity index (χ3v) is 11.0. The molecule has 266 valence electrons. The number of amides is 2. The molecule has 2 amide bonds. The van der Waals surface area contributed by atoms with Gasteiger partial charge in [0.15, 0.2) is 8.32 Å². The summed E-state index contributed by atoms with van der Waals surface area (Å²) in [5.74, 6) is -0.728. The summed E-state index contributed by atoms with van der Waals surface area (Å²) in [6.45, 7) is 10.8. The highest BCUT2D eigenvalue weighted by molar-refractivity contribution is 8.03. The van der Waals surface area contributed by atoms with Crippen LogP contribution in [0.25, 0.3) is 0 Å². The zero-order valence-electron chi connectivity index (χ0n) is 28.4. The van der Waals surface area contributed by atoms with E-state index in [4.69, 9.17) is 13.9 Å². The van der Waals surface area contributed by atoms with Gasteiger partial charge in [-0.15, -0.1) is 11.8 Å². The summed E-state index contributed by atoms with van der Waals surface area (Å²) in [7, 11) is -1.94. The van der Waals surface area contributed by atoms with E-state index >= 15 is 0 Å². The second-order valence-corrected chi connectivity index (χ2v) is 19.2. The maximum atomic E-state index is 13.6. The summed E-state index contributed by atoms with van der Waals surface area (Å²) >= 11 is 1.52. The predicted molar refractivity (Wildman–Crippen MR) is 187 cm³/mol.